The van der Waals surface area contributed by atoms with E-state index in [1.807, 2.05) is 6.07 Å². The molecule has 0 fully saturated rings. The van der Waals surface area contributed by atoms with Crippen LogP contribution in [-0.4, -0.2) is 0 Å². The van der Waals surface area contributed by atoms with Crippen LogP contribution in [0.5, 0.6) is 0 Å². The molecule has 0 amide bonds. The second-order valence-corrected chi connectivity index (χ2v) is 2.21. The fourth-order valence-corrected chi connectivity index (χ4v) is 0.964. The number of halogens is 3. The van der Waals surface area contributed by atoms with Crippen molar-refractivity contribution in [2.75, 3.05) is 0 Å². The monoisotopic (exact) mass is 244 g/mol. The van der Waals surface area contributed by atoms with E-state index < -0.39 is 0 Å². The summed E-state index contributed by atoms with van der Waals surface area (Å²) in [5.41, 5.74) is 1.41. The van der Waals surface area contributed by atoms with E-state index in [-0.39, 0.29) is 37.2 Å². The van der Waals surface area contributed by atoms with Crippen LogP contribution < -0.4 is 37.2 Å². The molecule has 0 N–H and O–H groups in total. The van der Waals surface area contributed by atoms with E-state index >= 15 is 0 Å². The van der Waals surface area contributed by atoms with Crippen LogP contribution in [0.3, 0.4) is 0 Å². The molecule has 0 aliphatic rings. The molecule has 1 aromatic rings. The van der Waals surface area contributed by atoms with Crippen LogP contribution in [-0.2, 0) is 25.2 Å². The fraction of sp³-hybridized carbons (Fsp3) is 0.143. The zero-order valence-corrected chi connectivity index (χ0v) is 9.56. The molecule has 60 valence electrons. The molecule has 1 aromatic carbocycles. The van der Waals surface area contributed by atoms with Crippen molar-refractivity contribution in [3.05, 3.63) is 35.9 Å². The van der Waals surface area contributed by atoms with Gasteiger partial charge in [-0.05, 0) is 0 Å². The summed E-state index contributed by atoms with van der Waals surface area (Å²) in [6.45, 7) is 0. The van der Waals surface area contributed by atoms with Crippen molar-refractivity contribution in [2.24, 2.45) is 0 Å². The molecule has 0 heterocycles. The molecule has 0 unspecified atom stereocenters. The molecule has 0 bridgehead atoms. The Morgan fingerprint density at radius 3 is 1.64 bits per heavy atom. The first-order valence-electron chi connectivity index (χ1n) is 2.62. The molecule has 0 radical (unpaired) electrons. The molecular weight excluding hydrogens is 238 g/mol. The Morgan fingerprint density at radius 2 is 1.36 bits per heavy atom. The van der Waals surface area contributed by atoms with Gasteiger partial charge in [0, 0.05) is 0 Å². The normalized spacial score (nSPS) is 6.73. The van der Waals surface area contributed by atoms with Crippen LogP contribution in [0.4, 0.5) is 0 Å². The van der Waals surface area contributed by atoms with E-state index in [1.54, 1.807) is 0 Å². The topological polar surface area (TPSA) is 0 Å². The van der Waals surface area contributed by atoms with Crippen molar-refractivity contribution in [3.63, 3.8) is 0 Å². The molecule has 4 heteroatoms. The Bertz CT molecular complexity index is 155. The molecule has 0 aliphatic heterocycles. The standard InChI is InChI=1S/C7H7.3ClH.Ti/c1-7-5-3-2-4-6-7;;;;/h2-6H,1H2;3*1H;/q;;;;+3/p-3. The van der Waals surface area contributed by atoms with Gasteiger partial charge in [-0.2, -0.15) is 0 Å². The molecule has 0 spiro atoms. The maximum absolute atomic E-state index is 2.16. The Kier molecular flexibility index (Phi) is 17.5. The van der Waals surface area contributed by atoms with Gasteiger partial charge in [-0.1, -0.05) is 0 Å². The van der Waals surface area contributed by atoms with Crippen LogP contribution in [0, 0.1) is 0 Å². The summed E-state index contributed by atoms with van der Waals surface area (Å²) in [6, 6.07) is 10.5. The molecule has 11 heavy (non-hydrogen) atoms. The summed E-state index contributed by atoms with van der Waals surface area (Å²) in [6.07, 6.45) is 0. The quantitative estimate of drug-likeness (QED) is 0.431. The van der Waals surface area contributed by atoms with Crippen molar-refractivity contribution >= 4 is 0 Å². The molecule has 0 saturated heterocycles. The third kappa shape index (κ3) is 7.17. The van der Waals surface area contributed by atoms with Crippen LogP contribution >= 0.6 is 0 Å². The van der Waals surface area contributed by atoms with Crippen LogP contribution in [0.15, 0.2) is 30.3 Å². The minimum absolute atomic E-state index is 0. The zero-order valence-electron chi connectivity index (χ0n) is 5.73. The van der Waals surface area contributed by atoms with Gasteiger partial charge in [0.25, 0.3) is 0 Å². The van der Waals surface area contributed by atoms with Gasteiger partial charge >= 0.3 is 61.1 Å². The number of benzene rings is 1. The Labute approximate surface area is 97.8 Å². The average Bonchev–Trinajstić information content (AvgIpc) is 1.90. The first kappa shape index (κ1) is 17.8. The van der Waals surface area contributed by atoms with Gasteiger partial charge in [-0.3, -0.25) is 0 Å². The fourth-order valence-electron chi connectivity index (χ4n) is 0.596. The third-order valence-corrected chi connectivity index (χ3v) is 1.68. The molecule has 1 rings (SSSR count). The molecule has 0 atom stereocenters. The summed E-state index contributed by atoms with van der Waals surface area (Å²) < 4.78 is 1.14. The first-order valence-corrected chi connectivity index (χ1v) is 3.72. The summed E-state index contributed by atoms with van der Waals surface area (Å²) in [5, 5.41) is 0. The SMILES string of the molecule is [Cl-].[Cl-].[Cl-].[Ti+3][CH2]c1ccccc1. The van der Waals surface area contributed by atoms with E-state index in [1.165, 1.54) is 5.56 Å². The molecule has 0 saturated carbocycles. The van der Waals surface area contributed by atoms with E-state index in [2.05, 4.69) is 44.7 Å². The van der Waals surface area contributed by atoms with Crippen LogP contribution in [0.25, 0.3) is 0 Å². The number of hydrogen-bond acceptors (Lipinski definition) is 0. The van der Waals surface area contributed by atoms with Gasteiger partial charge in [-0.15, -0.1) is 0 Å². The summed E-state index contributed by atoms with van der Waals surface area (Å²) in [4.78, 5) is 0. The second kappa shape index (κ2) is 10.8. The second-order valence-electron chi connectivity index (χ2n) is 1.66. The third-order valence-electron chi connectivity index (χ3n) is 1.05. The predicted octanol–water partition coefficient (Wildman–Crippen LogP) is -7.25. The van der Waals surface area contributed by atoms with E-state index in [9.17, 15) is 0 Å². The van der Waals surface area contributed by atoms with Gasteiger partial charge in [-0.25, -0.2) is 0 Å². The van der Waals surface area contributed by atoms with Crippen LogP contribution in [0.2, 0.25) is 0 Å². The van der Waals surface area contributed by atoms with Gasteiger partial charge in [0.05, 0.1) is 0 Å². The first-order chi connectivity index (χ1) is 3.93. The van der Waals surface area contributed by atoms with Crippen molar-refractivity contribution in [2.45, 2.75) is 4.73 Å². The minimum atomic E-state index is 0. The van der Waals surface area contributed by atoms with E-state index in [0.717, 1.165) is 4.73 Å². The average molecular weight is 245 g/mol. The van der Waals surface area contributed by atoms with Crippen molar-refractivity contribution < 1.29 is 57.7 Å². The summed E-state index contributed by atoms with van der Waals surface area (Å²) in [7, 11) is 0. The van der Waals surface area contributed by atoms with Crippen molar-refractivity contribution in [3.8, 4) is 0 Å². The van der Waals surface area contributed by atoms with Crippen LogP contribution in [0.1, 0.15) is 5.56 Å². The van der Waals surface area contributed by atoms with E-state index in [4.69, 9.17) is 0 Å². The number of hydrogen-bond donors (Lipinski definition) is 0. The molecule has 0 aromatic heterocycles. The Balaban J connectivity index is -0.000000213. The van der Waals surface area contributed by atoms with Gasteiger partial charge in [0.1, 0.15) is 0 Å². The molecule has 0 nitrogen and oxygen atoms in total. The van der Waals surface area contributed by atoms with Gasteiger partial charge in [0.15, 0.2) is 0 Å². The number of rotatable bonds is 1. The molecule has 0 aliphatic carbocycles. The summed E-state index contributed by atoms with van der Waals surface area (Å²) in [5.74, 6) is 0. The van der Waals surface area contributed by atoms with Gasteiger partial charge < -0.3 is 37.2 Å². The van der Waals surface area contributed by atoms with Gasteiger partial charge in [0.2, 0.25) is 0 Å². The summed E-state index contributed by atoms with van der Waals surface area (Å²) >= 11 is 2.16. The van der Waals surface area contributed by atoms with Crippen molar-refractivity contribution in [1.29, 1.82) is 0 Å². The van der Waals surface area contributed by atoms with Crippen molar-refractivity contribution in [1.82, 2.24) is 0 Å². The maximum atomic E-state index is 2.16. The predicted molar refractivity (Wildman–Crippen MR) is 30.1 cm³/mol. The zero-order chi connectivity index (χ0) is 5.82. The Hall–Kier alpha value is 0.804. The van der Waals surface area contributed by atoms with E-state index in [0.29, 0.717) is 0 Å². The Morgan fingerprint density at radius 1 is 0.909 bits per heavy atom. The molecular formula is C7H7Cl3Ti.